The Kier molecular flexibility index (Phi) is 5.43. The molecule has 1 N–H and O–H groups in total. The van der Waals surface area contributed by atoms with Crippen LogP contribution in [0.3, 0.4) is 0 Å². The van der Waals surface area contributed by atoms with Gasteiger partial charge in [-0.1, -0.05) is 18.2 Å². The highest BCUT2D eigenvalue weighted by Crippen LogP contribution is 2.32. The predicted octanol–water partition coefficient (Wildman–Crippen LogP) is 3.36. The van der Waals surface area contributed by atoms with Crippen molar-refractivity contribution in [2.45, 2.75) is 13.0 Å². The van der Waals surface area contributed by atoms with E-state index in [1.54, 1.807) is 6.07 Å². The van der Waals surface area contributed by atoms with Gasteiger partial charge in [-0.3, -0.25) is 4.90 Å². The lowest BCUT2D eigenvalue weighted by Crippen LogP contribution is -2.45. The van der Waals surface area contributed by atoms with Gasteiger partial charge in [0.2, 0.25) is 0 Å². The smallest absolute Gasteiger partial charge is 0.131 e. The normalized spacial score (nSPS) is 16.8. The molecule has 0 bridgehead atoms. The van der Waals surface area contributed by atoms with Crippen molar-refractivity contribution in [2.24, 2.45) is 0 Å². The summed E-state index contributed by atoms with van der Waals surface area (Å²) < 4.78 is 33.4. The second kappa shape index (κ2) is 7.73. The second-order valence-electron chi connectivity index (χ2n) is 5.86. The Hall–Kier alpha value is -1.98. The Balaban J connectivity index is 2.02. The molecule has 1 aliphatic heterocycles. The van der Waals surface area contributed by atoms with Crippen LogP contribution in [0.5, 0.6) is 5.75 Å². The third kappa shape index (κ3) is 3.74. The maximum absolute atomic E-state index is 14.5. The molecule has 0 radical (unpaired) electrons. The first kappa shape index (κ1) is 16.9. The Morgan fingerprint density at radius 3 is 2.62 bits per heavy atom. The van der Waals surface area contributed by atoms with Gasteiger partial charge in [-0.15, -0.1) is 0 Å². The highest BCUT2D eigenvalue weighted by molar-refractivity contribution is 5.37. The first-order valence-corrected chi connectivity index (χ1v) is 8.31. The summed E-state index contributed by atoms with van der Waals surface area (Å²) in [6.45, 7) is 5.82. The summed E-state index contributed by atoms with van der Waals surface area (Å²) in [6.07, 6.45) is 0. The van der Waals surface area contributed by atoms with E-state index in [2.05, 4.69) is 10.2 Å². The number of nitrogens with zero attached hydrogens (tertiary/aromatic N) is 1. The van der Waals surface area contributed by atoms with E-state index in [0.717, 1.165) is 43.6 Å². The maximum Gasteiger partial charge on any atom is 0.131 e. The van der Waals surface area contributed by atoms with Gasteiger partial charge in [0.1, 0.15) is 17.4 Å². The molecule has 128 valence electrons. The minimum Gasteiger partial charge on any atom is -0.494 e. The molecule has 1 saturated heterocycles. The lowest BCUT2D eigenvalue weighted by atomic mass is 9.95. The third-order valence-corrected chi connectivity index (χ3v) is 4.26. The SMILES string of the molecule is CCOc1cccc(C(c2ccc(F)cc2F)N2CCNCC2)c1. The zero-order chi connectivity index (χ0) is 16.9. The topological polar surface area (TPSA) is 24.5 Å². The van der Waals surface area contributed by atoms with E-state index in [4.69, 9.17) is 4.74 Å². The number of nitrogens with one attached hydrogen (secondary N) is 1. The molecule has 3 nitrogen and oxygen atoms in total. The lowest BCUT2D eigenvalue weighted by Gasteiger charge is -2.35. The average Bonchev–Trinajstić information content (AvgIpc) is 2.59. The number of piperazine rings is 1. The predicted molar refractivity (Wildman–Crippen MR) is 90.3 cm³/mol. The number of ether oxygens (including phenoxy) is 1. The highest BCUT2D eigenvalue weighted by Gasteiger charge is 2.26. The molecule has 1 heterocycles. The number of rotatable bonds is 5. The van der Waals surface area contributed by atoms with Crippen LogP contribution in [0.2, 0.25) is 0 Å². The van der Waals surface area contributed by atoms with Crippen LogP contribution in [0.1, 0.15) is 24.1 Å². The largest absolute Gasteiger partial charge is 0.494 e. The maximum atomic E-state index is 14.5. The van der Waals surface area contributed by atoms with Crippen molar-refractivity contribution >= 4 is 0 Å². The minimum absolute atomic E-state index is 0.256. The third-order valence-electron chi connectivity index (χ3n) is 4.26. The second-order valence-corrected chi connectivity index (χ2v) is 5.86. The van der Waals surface area contributed by atoms with Gasteiger partial charge in [-0.2, -0.15) is 0 Å². The molecule has 1 fully saturated rings. The average molecular weight is 332 g/mol. The van der Waals surface area contributed by atoms with Crippen LogP contribution in [0.4, 0.5) is 8.78 Å². The van der Waals surface area contributed by atoms with Crippen LogP contribution >= 0.6 is 0 Å². The van der Waals surface area contributed by atoms with Gasteiger partial charge < -0.3 is 10.1 Å². The Labute approximate surface area is 141 Å². The molecule has 24 heavy (non-hydrogen) atoms. The summed E-state index contributed by atoms with van der Waals surface area (Å²) in [5.74, 6) is -0.309. The van der Waals surface area contributed by atoms with Crippen LogP contribution in [-0.2, 0) is 0 Å². The molecule has 0 aromatic heterocycles. The van der Waals surface area contributed by atoms with E-state index in [1.165, 1.54) is 6.07 Å². The van der Waals surface area contributed by atoms with Gasteiger partial charge in [-0.25, -0.2) is 8.78 Å². The summed E-state index contributed by atoms with van der Waals surface area (Å²) in [5, 5.41) is 3.31. The molecule has 1 aliphatic rings. The van der Waals surface area contributed by atoms with Crippen LogP contribution in [0, 0.1) is 11.6 Å². The van der Waals surface area contributed by atoms with Crippen LogP contribution in [0.15, 0.2) is 42.5 Å². The molecule has 0 saturated carbocycles. The number of benzene rings is 2. The first-order chi connectivity index (χ1) is 11.7. The molecule has 3 rings (SSSR count). The zero-order valence-electron chi connectivity index (χ0n) is 13.8. The summed E-state index contributed by atoms with van der Waals surface area (Å²) >= 11 is 0. The summed E-state index contributed by atoms with van der Waals surface area (Å²) in [7, 11) is 0. The van der Waals surface area contributed by atoms with Crippen molar-refractivity contribution in [3.63, 3.8) is 0 Å². The number of halogens is 2. The highest BCUT2D eigenvalue weighted by atomic mass is 19.1. The van der Waals surface area contributed by atoms with Crippen molar-refractivity contribution in [3.8, 4) is 5.75 Å². The van der Waals surface area contributed by atoms with E-state index >= 15 is 0 Å². The summed E-state index contributed by atoms with van der Waals surface area (Å²) in [4.78, 5) is 2.22. The van der Waals surface area contributed by atoms with Crippen LogP contribution in [-0.4, -0.2) is 37.7 Å². The fourth-order valence-electron chi connectivity index (χ4n) is 3.19. The van der Waals surface area contributed by atoms with Gasteiger partial charge in [-0.05, 0) is 30.7 Å². The van der Waals surface area contributed by atoms with Crippen molar-refractivity contribution in [1.29, 1.82) is 0 Å². The van der Waals surface area contributed by atoms with Crippen LogP contribution < -0.4 is 10.1 Å². The van der Waals surface area contributed by atoms with Crippen molar-refractivity contribution in [1.82, 2.24) is 10.2 Å². The van der Waals surface area contributed by atoms with E-state index in [9.17, 15) is 8.78 Å². The quantitative estimate of drug-likeness (QED) is 0.909. The Morgan fingerprint density at radius 1 is 1.12 bits per heavy atom. The Morgan fingerprint density at radius 2 is 1.92 bits per heavy atom. The monoisotopic (exact) mass is 332 g/mol. The van der Waals surface area contributed by atoms with Gasteiger partial charge in [0.15, 0.2) is 0 Å². The van der Waals surface area contributed by atoms with Crippen molar-refractivity contribution < 1.29 is 13.5 Å². The molecule has 0 amide bonds. The van der Waals surface area contributed by atoms with Crippen molar-refractivity contribution in [3.05, 3.63) is 65.2 Å². The zero-order valence-corrected chi connectivity index (χ0v) is 13.8. The van der Waals surface area contributed by atoms with Gasteiger partial charge >= 0.3 is 0 Å². The molecule has 1 atom stereocenters. The number of hydrogen-bond acceptors (Lipinski definition) is 3. The molecule has 2 aromatic rings. The molecular formula is C19H22F2N2O. The first-order valence-electron chi connectivity index (χ1n) is 8.31. The Bertz CT molecular complexity index is 687. The van der Waals surface area contributed by atoms with E-state index in [1.807, 2.05) is 31.2 Å². The fourth-order valence-corrected chi connectivity index (χ4v) is 3.19. The number of hydrogen-bond donors (Lipinski definition) is 1. The van der Waals surface area contributed by atoms with E-state index < -0.39 is 11.6 Å². The summed E-state index contributed by atoms with van der Waals surface area (Å²) in [6, 6.07) is 11.3. The molecule has 5 heteroatoms. The minimum atomic E-state index is -0.557. The lowest BCUT2D eigenvalue weighted by molar-refractivity contribution is 0.195. The van der Waals surface area contributed by atoms with Crippen LogP contribution in [0.25, 0.3) is 0 Å². The fraction of sp³-hybridized carbons (Fsp3) is 0.368. The standard InChI is InChI=1S/C19H22F2N2O/c1-2-24-16-5-3-4-14(12-16)19(23-10-8-22-9-11-23)17-7-6-15(20)13-18(17)21/h3-7,12-13,19,22H,2,8-11H2,1H3. The molecule has 0 aliphatic carbocycles. The van der Waals surface area contributed by atoms with E-state index in [0.29, 0.717) is 12.2 Å². The molecular weight excluding hydrogens is 310 g/mol. The van der Waals surface area contributed by atoms with Gasteiger partial charge in [0.25, 0.3) is 0 Å². The molecule has 0 spiro atoms. The molecule has 1 unspecified atom stereocenters. The van der Waals surface area contributed by atoms with Crippen molar-refractivity contribution in [2.75, 3.05) is 32.8 Å². The summed E-state index contributed by atoms with van der Waals surface area (Å²) in [5.41, 5.74) is 1.44. The molecule has 2 aromatic carbocycles. The van der Waals surface area contributed by atoms with E-state index in [-0.39, 0.29) is 6.04 Å². The van der Waals surface area contributed by atoms with Gasteiger partial charge in [0, 0.05) is 37.8 Å². The van der Waals surface area contributed by atoms with Gasteiger partial charge in [0.05, 0.1) is 12.6 Å².